The van der Waals surface area contributed by atoms with E-state index in [1.807, 2.05) is 0 Å². The molecule has 0 N–H and O–H groups in total. The number of nitrogens with zero attached hydrogens (tertiary/aromatic N) is 2. The summed E-state index contributed by atoms with van der Waals surface area (Å²) in [6, 6.07) is 1.52. The van der Waals surface area contributed by atoms with Gasteiger partial charge in [-0.3, -0.25) is 29.0 Å². The van der Waals surface area contributed by atoms with Crippen LogP contribution in [0.15, 0.2) is 24.3 Å². The van der Waals surface area contributed by atoms with Crippen molar-refractivity contribution in [2.24, 2.45) is 23.7 Å². The normalized spacial score (nSPS) is 21.0. The largest absolute Gasteiger partial charge is 0.455 e. The molecule has 0 spiro atoms. The molecule has 2 rings (SSSR count). The van der Waals surface area contributed by atoms with Crippen LogP contribution in [0.1, 0.15) is 59.8 Å². The maximum absolute atomic E-state index is 12.9. The first kappa shape index (κ1) is 32.4. The minimum Gasteiger partial charge on any atom is -0.455 e. The molecule has 0 aromatic carbocycles. The van der Waals surface area contributed by atoms with Crippen LogP contribution in [0.3, 0.4) is 0 Å². The highest BCUT2D eigenvalue weighted by Crippen LogP contribution is 2.32. The predicted octanol–water partition coefficient (Wildman–Crippen LogP) is 5.76. The summed E-state index contributed by atoms with van der Waals surface area (Å²) in [7, 11) is -4.24. The summed E-state index contributed by atoms with van der Waals surface area (Å²) in [5.74, 6) is -0.395. The average molecular weight is 563 g/mol. The first-order chi connectivity index (χ1) is 17.4. The van der Waals surface area contributed by atoms with E-state index in [1.165, 1.54) is 9.80 Å². The molecule has 2 aliphatic rings. The number of carbonyl (C=O) groups excluding carboxylic acids is 4. The number of hydrogen-bond donors (Lipinski definition) is 0. The Morgan fingerprint density at radius 2 is 1.16 bits per heavy atom. The van der Waals surface area contributed by atoms with Gasteiger partial charge >= 0.3 is 0 Å². The zero-order chi connectivity index (χ0) is 29.0. The first-order valence-corrected chi connectivity index (χ1v) is 20.4. The molecule has 2 aliphatic heterocycles. The lowest BCUT2D eigenvalue weighted by molar-refractivity contribution is -0.140. The van der Waals surface area contributed by atoms with Crippen LogP contribution in [0.25, 0.3) is 0 Å². The fraction of sp³-hybridized carbons (Fsp3) is 0.724. The highest BCUT2D eigenvalue weighted by atomic mass is 28.4. The third kappa shape index (κ3) is 8.84. The van der Waals surface area contributed by atoms with Gasteiger partial charge in [0.1, 0.15) is 0 Å². The Kier molecular flexibility index (Phi) is 11.1. The maximum Gasteiger partial charge on any atom is 0.236 e. The number of amides is 4. The van der Waals surface area contributed by atoms with Crippen LogP contribution < -0.4 is 0 Å². The summed E-state index contributed by atoms with van der Waals surface area (Å²) in [6.45, 7) is 25.9. The SMILES string of the molecule is C=C(CC(C)C)C1CC(=O)N(CCC[Si](C)(C)O[Si](C)(C)CCN2C(=O)CC(C(=C)CC(C)C)C2=O)C1=O. The van der Waals surface area contributed by atoms with Gasteiger partial charge in [0.25, 0.3) is 0 Å². The molecule has 4 amide bonds. The Labute approximate surface area is 232 Å². The quantitative estimate of drug-likeness (QED) is 0.144. The van der Waals surface area contributed by atoms with Gasteiger partial charge in [0.2, 0.25) is 23.6 Å². The second-order valence-electron chi connectivity index (χ2n) is 13.3. The van der Waals surface area contributed by atoms with Crippen molar-refractivity contribution in [3.8, 4) is 0 Å². The molecule has 2 fully saturated rings. The number of likely N-dealkylation sites (tertiary alicyclic amines) is 2. The van der Waals surface area contributed by atoms with E-state index in [1.54, 1.807) is 0 Å². The number of carbonyl (C=O) groups is 4. The highest BCUT2D eigenvalue weighted by Gasteiger charge is 2.42. The van der Waals surface area contributed by atoms with E-state index in [0.29, 0.717) is 37.4 Å². The molecule has 38 heavy (non-hydrogen) atoms. The Morgan fingerprint density at radius 1 is 0.763 bits per heavy atom. The van der Waals surface area contributed by atoms with Crippen molar-refractivity contribution in [2.75, 3.05) is 13.1 Å². The van der Waals surface area contributed by atoms with Crippen LogP contribution >= 0.6 is 0 Å². The van der Waals surface area contributed by atoms with Gasteiger partial charge < -0.3 is 4.12 Å². The summed E-state index contributed by atoms with van der Waals surface area (Å²) in [6.07, 6.45) is 2.69. The van der Waals surface area contributed by atoms with Crippen LogP contribution in [0, 0.1) is 23.7 Å². The molecule has 0 aromatic rings. The fourth-order valence-electron chi connectivity index (χ4n) is 5.70. The summed E-state index contributed by atoms with van der Waals surface area (Å²) in [4.78, 5) is 53.8. The van der Waals surface area contributed by atoms with Gasteiger partial charge in [-0.15, -0.1) is 0 Å². The second-order valence-corrected chi connectivity index (χ2v) is 22.1. The summed E-state index contributed by atoms with van der Waals surface area (Å²) >= 11 is 0. The van der Waals surface area contributed by atoms with Crippen molar-refractivity contribution in [1.29, 1.82) is 0 Å². The van der Waals surface area contributed by atoms with E-state index in [4.69, 9.17) is 4.12 Å². The molecule has 0 aromatic heterocycles. The molecule has 0 radical (unpaired) electrons. The van der Waals surface area contributed by atoms with Gasteiger partial charge in [-0.05, 0) is 69.4 Å². The Hall–Kier alpha value is -1.85. The van der Waals surface area contributed by atoms with Crippen LogP contribution in [-0.2, 0) is 23.3 Å². The van der Waals surface area contributed by atoms with Crippen molar-refractivity contribution >= 4 is 40.3 Å². The van der Waals surface area contributed by atoms with E-state index >= 15 is 0 Å². The molecule has 0 bridgehead atoms. The monoisotopic (exact) mass is 562 g/mol. The minimum atomic E-state index is -2.16. The van der Waals surface area contributed by atoms with Gasteiger partial charge in [0, 0.05) is 25.9 Å². The summed E-state index contributed by atoms with van der Waals surface area (Å²) < 4.78 is 6.71. The predicted molar refractivity (Wildman–Crippen MR) is 157 cm³/mol. The van der Waals surface area contributed by atoms with Crippen LogP contribution in [0.4, 0.5) is 0 Å². The standard InChI is InChI=1S/C29H50N2O5Si2/c1-20(2)16-22(5)24-18-26(32)30(28(24)34)12-11-14-37(7,8)36-38(9,10)15-13-31-27(33)19-25(29(31)35)23(6)17-21(3)4/h20-21,24-25H,5-6,11-19H2,1-4,7-10H3. The molecule has 9 heteroatoms. The smallest absolute Gasteiger partial charge is 0.236 e. The van der Waals surface area contributed by atoms with Gasteiger partial charge in [0.15, 0.2) is 16.6 Å². The molecule has 0 saturated carbocycles. The van der Waals surface area contributed by atoms with E-state index < -0.39 is 16.6 Å². The Bertz CT molecular complexity index is 957. The van der Waals surface area contributed by atoms with Crippen molar-refractivity contribution in [3.63, 3.8) is 0 Å². The maximum atomic E-state index is 12.9. The van der Waals surface area contributed by atoms with E-state index in [2.05, 4.69) is 67.0 Å². The van der Waals surface area contributed by atoms with Crippen LogP contribution in [-0.4, -0.2) is 63.2 Å². The Balaban J connectivity index is 1.86. The van der Waals surface area contributed by atoms with Crippen molar-refractivity contribution in [3.05, 3.63) is 24.3 Å². The van der Waals surface area contributed by atoms with Crippen LogP contribution in [0.5, 0.6) is 0 Å². The molecule has 2 unspecified atom stereocenters. The Morgan fingerprint density at radius 3 is 1.58 bits per heavy atom. The zero-order valence-corrected chi connectivity index (χ0v) is 27.0. The third-order valence-electron chi connectivity index (χ3n) is 7.46. The minimum absolute atomic E-state index is 0.102. The van der Waals surface area contributed by atoms with E-state index in [9.17, 15) is 19.2 Å². The lowest BCUT2D eigenvalue weighted by Gasteiger charge is -2.35. The third-order valence-corrected chi connectivity index (χ3v) is 14.9. The second kappa shape index (κ2) is 13.0. The molecule has 214 valence electrons. The molecular weight excluding hydrogens is 513 g/mol. The van der Waals surface area contributed by atoms with Gasteiger partial charge in [-0.25, -0.2) is 0 Å². The lowest BCUT2D eigenvalue weighted by atomic mass is 9.92. The molecule has 2 heterocycles. The average Bonchev–Trinajstić information content (AvgIpc) is 3.20. The van der Waals surface area contributed by atoms with Gasteiger partial charge in [0.05, 0.1) is 11.8 Å². The first-order valence-electron chi connectivity index (χ1n) is 14.2. The van der Waals surface area contributed by atoms with E-state index in [0.717, 1.165) is 30.0 Å². The number of imide groups is 2. The summed E-state index contributed by atoms with van der Waals surface area (Å²) in [5, 5.41) is 0. The molecule has 2 atom stereocenters. The highest BCUT2D eigenvalue weighted by molar-refractivity contribution is 6.84. The van der Waals surface area contributed by atoms with Crippen molar-refractivity contribution < 1.29 is 23.3 Å². The van der Waals surface area contributed by atoms with E-state index in [-0.39, 0.29) is 48.3 Å². The number of hydrogen-bond acceptors (Lipinski definition) is 5. The molecule has 7 nitrogen and oxygen atoms in total. The summed E-state index contributed by atoms with van der Waals surface area (Å²) in [5.41, 5.74) is 1.71. The topological polar surface area (TPSA) is 84.0 Å². The van der Waals surface area contributed by atoms with Crippen LogP contribution in [0.2, 0.25) is 38.3 Å². The van der Waals surface area contributed by atoms with Crippen molar-refractivity contribution in [1.82, 2.24) is 9.80 Å². The zero-order valence-electron chi connectivity index (χ0n) is 25.0. The molecular formula is C29H50N2O5Si2. The van der Waals surface area contributed by atoms with Gasteiger partial charge in [-0.1, -0.05) is 52.0 Å². The molecule has 2 saturated heterocycles. The van der Waals surface area contributed by atoms with Crippen molar-refractivity contribution in [2.45, 2.75) is 98.1 Å². The lowest BCUT2D eigenvalue weighted by Crippen LogP contribution is -2.47. The van der Waals surface area contributed by atoms with Gasteiger partial charge in [-0.2, -0.15) is 0 Å². The fourth-order valence-corrected chi connectivity index (χ4v) is 14.3. The number of rotatable bonds is 15. The molecule has 0 aliphatic carbocycles.